The van der Waals surface area contributed by atoms with Crippen molar-refractivity contribution < 1.29 is 10.2 Å². The molecule has 2 atom stereocenters. The Morgan fingerprint density at radius 2 is 2.18 bits per heavy atom. The lowest BCUT2D eigenvalue weighted by molar-refractivity contribution is 0.102. The summed E-state index contributed by atoms with van der Waals surface area (Å²) in [6.07, 6.45) is 3.13. The van der Waals surface area contributed by atoms with Gasteiger partial charge in [0.1, 0.15) is 15.6 Å². The molecule has 9 heteroatoms. The quantitative estimate of drug-likeness (QED) is 0.598. The Labute approximate surface area is 171 Å². The number of hydrogen-bond acceptors (Lipinski definition) is 8. The van der Waals surface area contributed by atoms with Crippen LogP contribution in [0.3, 0.4) is 0 Å². The summed E-state index contributed by atoms with van der Waals surface area (Å²) in [5.41, 5.74) is 6.46. The summed E-state index contributed by atoms with van der Waals surface area (Å²) in [6, 6.07) is 5.70. The number of benzene rings is 1. The van der Waals surface area contributed by atoms with Crippen LogP contribution in [0.15, 0.2) is 36.0 Å². The summed E-state index contributed by atoms with van der Waals surface area (Å²) in [7, 11) is 0. The number of thiazole rings is 1. The Balaban J connectivity index is 1.88. The molecule has 0 amide bonds. The zero-order chi connectivity index (χ0) is 20.1. The molecule has 7 nitrogen and oxygen atoms in total. The second-order valence-corrected chi connectivity index (χ2v) is 8.65. The molecule has 2 aromatic heterocycles. The van der Waals surface area contributed by atoms with Crippen molar-refractivity contribution in [2.24, 2.45) is 0 Å². The third kappa shape index (κ3) is 2.93. The molecule has 0 spiro atoms. The lowest BCUT2D eigenvalue weighted by Gasteiger charge is -2.24. The first-order chi connectivity index (χ1) is 13.3. The highest BCUT2D eigenvalue weighted by molar-refractivity contribution is 7.09. The van der Waals surface area contributed by atoms with Gasteiger partial charge < -0.3 is 20.8 Å². The third-order valence-corrected chi connectivity index (χ3v) is 6.46. The highest BCUT2D eigenvalue weighted by atomic mass is 35.5. The molecular formula is C19H20ClN5O2S. The van der Waals surface area contributed by atoms with Gasteiger partial charge in [0.25, 0.3) is 0 Å². The largest absolute Gasteiger partial charge is 0.395 e. The molecule has 3 heterocycles. The summed E-state index contributed by atoms with van der Waals surface area (Å²) >= 11 is 7.74. The van der Waals surface area contributed by atoms with Crippen LogP contribution in [-0.4, -0.2) is 38.3 Å². The molecule has 0 aliphatic carbocycles. The number of fused-ring (bicyclic) bond motifs is 1. The van der Waals surface area contributed by atoms with Gasteiger partial charge in [0.2, 0.25) is 5.95 Å². The van der Waals surface area contributed by atoms with Crippen molar-refractivity contribution in [3.8, 4) is 0 Å². The van der Waals surface area contributed by atoms with E-state index in [1.54, 1.807) is 13.1 Å². The number of hydrogen-bond donors (Lipinski definition) is 3. The maximum absolute atomic E-state index is 11.1. The lowest BCUT2D eigenvalue weighted by atomic mass is 9.84. The molecule has 1 aromatic carbocycles. The van der Waals surface area contributed by atoms with Crippen LogP contribution in [0, 0.1) is 0 Å². The van der Waals surface area contributed by atoms with Crippen molar-refractivity contribution in [1.82, 2.24) is 15.0 Å². The number of aliphatic hydroxyl groups is 2. The summed E-state index contributed by atoms with van der Waals surface area (Å²) in [4.78, 5) is 14.4. The molecule has 4 rings (SSSR count). The molecule has 1 aliphatic rings. The van der Waals surface area contributed by atoms with E-state index in [1.807, 2.05) is 35.4 Å². The number of rotatable bonds is 4. The summed E-state index contributed by atoms with van der Waals surface area (Å²) in [6.45, 7) is 4.12. The summed E-state index contributed by atoms with van der Waals surface area (Å²) in [5, 5.41) is 24.0. The number of nitrogen functional groups attached to an aromatic ring is 1. The normalized spacial score (nSPS) is 20.8. The van der Waals surface area contributed by atoms with Crippen molar-refractivity contribution in [3.05, 3.63) is 57.1 Å². The smallest absolute Gasteiger partial charge is 0.222 e. The monoisotopic (exact) mass is 417 g/mol. The van der Waals surface area contributed by atoms with Crippen LogP contribution < -0.4 is 10.6 Å². The molecular weight excluding hydrogens is 398 g/mol. The Morgan fingerprint density at radius 3 is 2.86 bits per heavy atom. The predicted molar refractivity (Wildman–Crippen MR) is 110 cm³/mol. The fourth-order valence-corrected chi connectivity index (χ4v) is 4.47. The third-order valence-electron chi connectivity index (χ3n) is 5.21. The fourth-order valence-electron chi connectivity index (χ4n) is 3.56. The molecule has 0 bridgehead atoms. The van der Waals surface area contributed by atoms with Gasteiger partial charge in [-0.3, -0.25) is 0 Å². The van der Waals surface area contributed by atoms with Crippen LogP contribution in [0.2, 0.25) is 5.02 Å². The fraction of sp³-hybridized carbons (Fsp3) is 0.316. The second kappa shape index (κ2) is 6.66. The van der Waals surface area contributed by atoms with Gasteiger partial charge in [-0.25, -0.2) is 9.97 Å². The van der Waals surface area contributed by atoms with E-state index in [0.29, 0.717) is 28.0 Å². The molecule has 28 heavy (non-hydrogen) atoms. The van der Waals surface area contributed by atoms with E-state index < -0.39 is 11.0 Å². The average molecular weight is 418 g/mol. The van der Waals surface area contributed by atoms with Crippen LogP contribution in [0.5, 0.6) is 0 Å². The Hall–Kier alpha value is -2.26. The first-order valence-electron chi connectivity index (χ1n) is 8.70. The number of nitrogens with zero attached hydrogens (tertiary/aromatic N) is 4. The maximum atomic E-state index is 11.1. The van der Waals surface area contributed by atoms with E-state index >= 15 is 0 Å². The van der Waals surface area contributed by atoms with Crippen molar-refractivity contribution >= 4 is 40.4 Å². The van der Waals surface area contributed by atoms with Crippen LogP contribution in [0.25, 0.3) is 0 Å². The molecule has 3 aromatic rings. The zero-order valence-electron chi connectivity index (χ0n) is 15.4. The van der Waals surface area contributed by atoms with Crippen molar-refractivity contribution in [2.45, 2.75) is 24.9 Å². The minimum Gasteiger partial charge on any atom is -0.395 e. The van der Waals surface area contributed by atoms with E-state index in [2.05, 4.69) is 15.0 Å². The van der Waals surface area contributed by atoms with E-state index in [1.165, 1.54) is 17.5 Å². The van der Waals surface area contributed by atoms with Crippen LogP contribution in [0.4, 0.5) is 17.5 Å². The Bertz CT molecular complexity index is 1030. The number of anilines is 3. The summed E-state index contributed by atoms with van der Waals surface area (Å²) in [5.74, 6) is 0.586. The number of aromatic nitrogens is 3. The Kier molecular flexibility index (Phi) is 4.54. The van der Waals surface area contributed by atoms with Crippen molar-refractivity contribution in [1.29, 1.82) is 0 Å². The SMILES string of the molecule is CC(O)(c1ccc2c(c1)N(c1nc(N)ncc1Cl)C[C@@]2(C)CO)c1nccs1. The minimum absolute atomic E-state index is 0.0447. The van der Waals surface area contributed by atoms with Gasteiger partial charge in [-0.2, -0.15) is 4.98 Å². The van der Waals surface area contributed by atoms with Crippen LogP contribution in [0.1, 0.15) is 30.0 Å². The number of halogens is 1. The Morgan fingerprint density at radius 1 is 1.39 bits per heavy atom. The van der Waals surface area contributed by atoms with Gasteiger partial charge in [-0.1, -0.05) is 30.7 Å². The zero-order valence-corrected chi connectivity index (χ0v) is 17.0. The maximum Gasteiger partial charge on any atom is 0.222 e. The highest BCUT2D eigenvalue weighted by Crippen LogP contribution is 2.47. The van der Waals surface area contributed by atoms with Gasteiger partial charge in [-0.15, -0.1) is 11.3 Å². The first-order valence-corrected chi connectivity index (χ1v) is 9.96. The summed E-state index contributed by atoms with van der Waals surface area (Å²) < 4.78 is 0. The lowest BCUT2D eigenvalue weighted by Crippen LogP contribution is -2.32. The van der Waals surface area contributed by atoms with Crippen LogP contribution >= 0.6 is 22.9 Å². The van der Waals surface area contributed by atoms with Gasteiger partial charge in [-0.05, 0) is 24.1 Å². The van der Waals surface area contributed by atoms with Gasteiger partial charge in [0.15, 0.2) is 5.82 Å². The topological polar surface area (TPSA) is 108 Å². The first kappa shape index (κ1) is 19.1. The van der Waals surface area contributed by atoms with E-state index in [-0.39, 0.29) is 12.6 Å². The minimum atomic E-state index is -1.25. The van der Waals surface area contributed by atoms with Gasteiger partial charge >= 0.3 is 0 Å². The molecule has 1 aliphatic heterocycles. The molecule has 0 radical (unpaired) electrons. The van der Waals surface area contributed by atoms with Crippen molar-refractivity contribution in [3.63, 3.8) is 0 Å². The highest BCUT2D eigenvalue weighted by Gasteiger charge is 2.41. The number of aliphatic hydroxyl groups excluding tert-OH is 1. The molecule has 0 saturated carbocycles. The van der Waals surface area contributed by atoms with E-state index in [9.17, 15) is 10.2 Å². The number of nitrogens with two attached hydrogens (primary N) is 1. The van der Waals surface area contributed by atoms with Crippen LogP contribution in [-0.2, 0) is 11.0 Å². The molecule has 146 valence electrons. The van der Waals surface area contributed by atoms with Gasteiger partial charge in [0.05, 0.1) is 12.8 Å². The standard InChI is InChI=1S/C19H20ClN5O2S/c1-18(10-26)9-25(15-13(20)8-23-17(21)24-15)14-7-11(3-4-12(14)18)19(2,27)16-22-5-6-28-16/h3-8,26-27H,9-10H2,1-2H3,(H2,21,23,24)/t18-,19?/m0/s1. The molecule has 1 unspecified atom stereocenters. The van der Waals surface area contributed by atoms with Gasteiger partial charge in [0, 0.05) is 29.2 Å². The molecule has 4 N–H and O–H groups in total. The molecule has 0 saturated heterocycles. The average Bonchev–Trinajstić information content (AvgIpc) is 3.31. The van der Waals surface area contributed by atoms with E-state index in [0.717, 1.165) is 11.3 Å². The second-order valence-electron chi connectivity index (χ2n) is 7.35. The predicted octanol–water partition coefficient (Wildman–Crippen LogP) is 2.83. The van der Waals surface area contributed by atoms with E-state index in [4.69, 9.17) is 17.3 Å². The molecule has 0 fully saturated rings. The van der Waals surface area contributed by atoms with Crippen molar-refractivity contribution in [2.75, 3.05) is 23.8 Å².